The smallest absolute Gasteiger partial charge is 0.331 e. The molecule has 1 aromatic carbocycles. The highest BCUT2D eigenvalue weighted by Gasteiger charge is 2.15. The fourth-order valence-corrected chi connectivity index (χ4v) is 1.48. The van der Waals surface area contributed by atoms with Gasteiger partial charge < -0.3 is 9.47 Å². The van der Waals surface area contributed by atoms with Gasteiger partial charge in [0.2, 0.25) is 0 Å². The zero-order valence-corrected chi connectivity index (χ0v) is 12.1. The van der Waals surface area contributed by atoms with Crippen LogP contribution in [0.1, 0.15) is 24.2 Å². The molecule has 1 N–H and O–H groups in total. The number of hydrogen-bond donors (Lipinski definition) is 1. The van der Waals surface area contributed by atoms with Crippen molar-refractivity contribution in [1.82, 2.24) is 5.32 Å². The number of amides is 2. The first-order valence-electron chi connectivity index (χ1n) is 6.23. The minimum atomic E-state index is -0.707. The first-order chi connectivity index (χ1) is 9.93. The molecule has 0 heterocycles. The second-order valence-electron chi connectivity index (χ2n) is 4.41. The number of esters is 1. The van der Waals surface area contributed by atoms with Crippen LogP contribution in [0.15, 0.2) is 35.9 Å². The van der Waals surface area contributed by atoms with Crippen molar-refractivity contribution in [2.75, 3.05) is 13.7 Å². The summed E-state index contributed by atoms with van der Waals surface area (Å²) in [5.41, 5.74) is 0.981. The van der Waals surface area contributed by atoms with Gasteiger partial charge in [0, 0.05) is 6.08 Å². The molecule has 112 valence electrons. The molecule has 6 heteroatoms. The molecular weight excluding hydrogens is 274 g/mol. The number of carbonyl (C=O) groups is 3. The van der Waals surface area contributed by atoms with Crippen molar-refractivity contribution in [1.29, 1.82) is 0 Å². The standard InChI is InChI=1S/C15H17NO5/c1-10(2)8-14(18)21-9-13(17)16-15(19)11-6-4-5-7-12(11)20-3/h4-8H,9H2,1-3H3,(H,16,17,19). The van der Waals surface area contributed by atoms with Gasteiger partial charge in [-0.25, -0.2) is 4.79 Å². The molecule has 21 heavy (non-hydrogen) atoms. The Morgan fingerprint density at radius 1 is 1.19 bits per heavy atom. The van der Waals surface area contributed by atoms with Crippen LogP contribution >= 0.6 is 0 Å². The SMILES string of the molecule is COc1ccccc1C(=O)NC(=O)COC(=O)C=C(C)C. The van der Waals surface area contributed by atoms with E-state index in [4.69, 9.17) is 9.47 Å². The quantitative estimate of drug-likeness (QED) is 0.656. The lowest BCUT2D eigenvalue weighted by Crippen LogP contribution is -2.34. The average Bonchev–Trinajstić information content (AvgIpc) is 2.44. The summed E-state index contributed by atoms with van der Waals surface area (Å²) in [6, 6.07) is 6.49. The van der Waals surface area contributed by atoms with Crippen LogP contribution in [0.25, 0.3) is 0 Å². The van der Waals surface area contributed by atoms with Crippen LogP contribution in [0, 0.1) is 0 Å². The van der Waals surface area contributed by atoms with Crippen LogP contribution in [-0.4, -0.2) is 31.5 Å². The summed E-state index contributed by atoms with van der Waals surface area (Å²) in [5, 5.41) is 2.12. The van der Waals surface area contributed by atoms with Gasteiger partial charge in [0.05, 0.1) is 12.7 Å². The topological polar surface area (TPSA) is 81.7 Å². The summed E-state index contributed by atoms with van der Waals surface area (Å²) in [7, 11) is 1.43. The lowest BCUT2D eigenvalue weighted by Gasteiger charge is -2.08. The van der Waals surface area contributed by atoms with E-state index < -0.39 is 24.4 Å². The Kier molecular flexibility index (Phi) is 6.13. The molecule has 0 unspecified atom stereocenters. The van der Waals surface area contributed by atoms with Gasteiger partial charge in [-0.1, -0.05) is 17.7 Å². The summed E-state index contributed by atoms with van der Waals surface area (Å²) < 4.78 is 9.72. The number of methoxy groups -OCH3 is 1. The van der Waals surface area contributed by atoms with Gasteiger partial charge in [-0.3, -0.25) is 14.9 Å². The van der Waals surface area contributed by atoms with Crippen molar-refractivity contribution in [3.05, 3.63) is 41.5 Å². The normalized spacial score (nSPS) is 9.48. The third kappa shape index (κ3) is 5.48. The van der Waals surface area contributed by atoms with Crippen molar-refractivity contribution < 1.29 is 23.9 Å². The Bertz CT molecular complexity index is 573. The third-order valence-corrected chi connectivity index (χ3v) is 2.36. The third-order valence-electron chi connectivity index (χ3n) is 2.36. The molecule has 0 radical (unpaired) electrons. The van der Waals surface area contributed by atoms with E-state index in [1.165, 1.54) is 19.3 Å². The van der Waals surface area contributed by atoms with E-state index >= 15 is 0 Å². The molecule has 0 spiro atoms. The highest BCUT2D eigenvalue weighted by molar-refractivity contribution is 6.06. The number of ether oxygens (including phenoxy) is 2. The van der Waals surface area contributed by atoms with Crippen molar-refractivity contribution in [3.63, 3.8) is 0 Å². The number of imide groups is 1. The maximum atomic E-state index is 11.9. The number of rotatable bonds is 5. The molecule has 2 amide bonds. The molecule has 0 bridgehead atoms. The summed E-state index contributed by atoms with van der Waals surface area (Å²) in [6.45, 7) is 2.93. The van der Waals surface area contributed by atoms with Crippen LogP contribution in [0.2, 0.25) is 0 Å². The van der Waals surface area contributed by atoms with Crippen LogP contribution in [-0.2, 0) is 14.3 Å². The van der Waals surface area contributed by atoms with Crippen molar-refractivity contribution in [2.45, 2.75) is 13.8 Å². The molecule has 0 aliphatic carbocycles. The Labute approximate surface area is 122 Å². The van der Waals surface area contributed by atoms with Gasteiger partial charge in [-0.2, -0.15) is 0 Å². The van der Waals surface area contributed by atoms with Crippen molar-refractivity contribution >= 4 is 17.8 Å². The maximum Gasteiger partial charge on any atom is 0.331 e. The number of hydrogen-bond acceptors (Lipinski definition) is 5. The van der Waals surface area contributed by atoms with E-state index in [0.29, 0.717) is 5.75 Å². The van der Waals surface area contributed by atoms with E-state index in [0.717, 1.165) is 5.57 Å². The van der Waals surface area contributed by atoms with Crippen molar-refractivity contribution in [3.8, 4) is 5.75 Å². The molecule has 6 nitrogen and oxygen atoms in total. The average molecular weight is 291 g/mol. The molecule has 0 fully saturated rings. The lowest BCUT2D eigenvalue weighted by atomic mass is 10.2. The predicted octanol–water partition coefficient (Wildman–Crippen LogP) is 1.46. The summed E-state index contributed by atoms with van der Waals surface area (Å²) >= 11 is 0. The van der Waals surface area contributed by atoms with Gasteiger partial charge in [-0.15, -0.1) is 0 Å². The first-order valence-corrected chi connectivity index (χ1v) is 6.23. The Morgan fingerprint density at radius 3 is 2.48 bits per heavy atom. The molecule has 0 aromatic heterocycles. The van der Waals surface area contributed by atoms with E-state index in [2.05, 4.69) is 5.32 Å². The second-order valence-corrected chi connectivity index (χ2v) is 4.41. The van der Waals surface area contributed by atoms with E-state index in [9.17, 15) is 14.4 Å². The Morgan fingerprint density at radius 2 is 1.86 bits per heavy atom. The van der Waals surface area contributed by atoms with Crippen LogP contribution < -0.4 is 10.1 Å². The molecule has 0 saturated heterocycles. The van der Waals surface area contributed by atoms with Gasteiger partial charge in [-0.05, 0) is 26.0 Å². The van der Waals surface area contributed by atoms with E-state index in [-0.39, 0.29) is 5.56 Å². The van der Waals surface area contributed by atoms with Gasteiger partial charge in [0.15, 0.2) is 6.61 Å². The second kappa shape index (κ2) is 7.84. The zero-order chi connectivity index (χ0) is 15.8. The molecule has 0 atom stereocenters. The molecule has 0 aliphatic heterocycles. The number of carbonyl (C=O) groups excluding carboxylic acids is 3. The van der Waals surface area contributed by atoms with Gasteiger partial charge >= 0.3 is 5.97 Å². The zero-order valence-electron chi connectivity index (χ0n) is 12.1. The number of benzene rings is 1. The largest absolute Gasteiger partial charge is 0.496 e. The summed E-state index contributed by atoms with van der Waals surface area (Å²) in [6.07, 6.45) is 1.26. The maximum absolute atomic E-state index is 11.9. The summed E-state index contributed by atoms with van der Waals surface area (Å²) in [5.74, 6) is -1.60. The number of para-hydroxylation sites is 1. The molecule has 0 aliphatic rings. The molecule has 0 saturated carbocycles. The van der Waals surface area contributed by atoms with Crippen LogP contribution in [0.3, 0.4) is 0 Å². The van der Waals surface area contributed by atoms with Gasteiger partial charge in [0.25, 0.3) is 11.8 Å². The minimum absolute atomic E-state index is 0.226. The van der Waals surface area contributed by atoms with Crippen LogP contribution in [0.5, 0.6) is 5.75 Å². The fraction of sp³-hybridized carbons (Fsp3) is 0.267. The number of allylic oxidation sites excluding steroid dienone is 1. The minimum Gasteiger partial charge on any atom is -0.496 e. The summed E-state index contributed by atoms with van der Waals surface area (Å²) in [4.78, 5) is 34.7. The number of nitrogens with one attached hydrogen (secondary N) is 1. The van der Waals surface area contributed by atoms with Gasteiger partial charge in [0.1, 0.15) is 5.75 Å². The monoisotopic (exact) mass is 291 g/mol. The van der Waals surface area contributed by atoms with Crippen LogP contribution in [0.4, 0.5) is 0 Å². The van der Waals surface area contributed by atoms with Crippen molar-refractivity contribution in [2.24, 2.45) is 0 Å². The molecular formula is C15H17NO5. The first kappa shape index (κ1) is 16.4. The highest BCUT2D eigenvalue weighted by atomic mass is 16.5. The Hall–Kier alpha value is -2.63. The fourth-order valence-electron chi connectivity index (χ4n) is 1.48. The predicted molar refractivity (Wildman–Crippen MR) is 75.9 cm³/mol. The Balaban J connectivity index is 2.57. The van der Waals surface area contributed by atoms with E-state index in [1.807, 2.05) is 0 Å². The van der Waals surface area contributed by atoms with E-state index in [1.54, 1.807) is 32.0 Å². The lowest BCUT2D eigenvalue weighted by molar-refractivity contribution is -0.143. The molecule has 1 aromatic rings. The molecule has 1 rings (SSSR count). The highest BCUT2D eigenvalue weighted by Crippen LogP contribution is 2.16.